The van der Waals surface area contributed by atoms with E-state index in [2.05, 4.69) is 14.2 Å². The Bertz CT molecular complexity index is 169. The van der Waals surface area contributed by atoms with Crippen LogP contribution in [0.2, 0.25) is 0 Å². The van der Waals surface area contributed by atoms with E-state index in [4.69, 9.17) is 5.73 Å². The van der Waals surface area contributed by atoms with E-state index in [-0.39, 0.29) is 6.61 Å². The van der Waals surface area contributed by atoms with E-state index in [1.54, 1.807) is 6.92 Å². The number of ether oxygens (including phenoxy) is 3. The number of carbonyl (C=O) groups is 2. The molecular weight excluding hydrogens is 166 g/mol. The minimum absolute atomic E-state index is 0.181. The fraction of sp³-hybridized carbons (Fsp3) is 0.667. The summed E-state index contributed by atoms with van der Waals surface area (Å²) in [5, 5.41) is 0. The van der Waals surface area contributed by atoms with E-state index in [0.717, 1.165) is 0 Å². The molecule has 1 amide bonds. The highest BCUT2D eigenvalue weighted by Gasteiger charge is 2.12. The van der Waals surface area contributed by atoms with Gasteiger partial charge in [0, 0.05) is 6.92 Å². The van der Waals surface area contributed by atoms with Crippen molar-refractivity contribution in [3.05, 3.63) is 0 Å². The number of carbonyl (C=O) groups excluding carboxylic acids is 2. The fourth-order valence-corrected chi connectivity index (χ4v) is 0.462. The molecule has 0 aromatic rings. The van der Waals surface area contributed by atoms with Gasteiger partial charge in [-0.3, -0.25) is 0 Å². The third-order valence-corrected chi connectivity index (χ3v) is 0.797. The Labute approximate surface area is 69.6 Å². The predicted molar refractivity (Wildman–Crippen MR) is 37.1 cm³/mol. The van der Waals surface area contributed by atoms with Gasteiger partial charge in [0.25, 0.3) is 0 Å². The van der Waals surface area contributed by atoms with Gasteiger partial charge in [-0.25, -0.2) is 15.3 Å². The first-order valence-corrected chi connectivity index (χ1v) is 3.32. The van der Waals surface area contributed by atoms with Crippen molar-refractivity contribution in [1.29, 1.82) is 0 Å². The van der Waals surface area contributed by atoms with Gasteiger partial charge in [-0.15, -0.1) is 0 Å². The molecule has 6 nitrogen and oxygen atoms in total. The van der Waals surface area contributed by atoms with E-state index in [1.165, 1.54) is 6.92 Å². The molecule has 0 heterocycles. The van der Waals surface area contributed by atoms with E-state index >= 15 is 0 Å². The Hall–Kier alpha value is -1.46. The van der Waals surface area contributed by atoms with Crippen LogP contribution < -0.4 is 5.73 Å². The molecule has 0 aliphatic heterocycles. The number of amides is 1. The van der Waals surface area contributed by atoms with E-state index in [9.17, 15) is 9.59 Å². The molecule has 0 saturated heterocycles. The SMILES string of the molecule is CCOC(=O)OC(C)OC([NH])=O. The highest BCUT2D eigenvalue weighted by atomic mass is 16.8. The molecule has 12 heavy (non-hydrogen) atoms. The molecule has 0 aromatic heterocycles. The summed E-state index contributed by atoms with van der Waals surface area (Å²) in [6.45, 7) is 3.10. The third kappa shape index (κ3) is 5.33. The standard InChI is InChI=1S/C6H10NO5/c1-3-10-6(9)12-4(2)11-5(7)8/h4,7H,3H2,1-2H3. The first-order chi connectivity index (χ1) is 5.56. The topological polar surface area (TPSA) is 85.6 Å². The van der Waals surface area contributed by atoms with Crippen molar-refractivity contribution >= 4 is 12.2 Å². The average Bonchev–Trinajstić information content (AvgIpc) is 1.84. The van der Waals surface area contributed by atoms with Crippen molar-refractivity contribution in [2.75, 3.05) is 6.61 Å². The lowest BCUT2D eigenvalue weighted by atomic mass is 10.7. The monoisotopic (exact) mass is 176 g/mol. The molecule has 1 radical (unpaired) electrons. The number of hydrogen-bond acceptors (Lipinski definition) is 5. The zero-order valence-electron chi connectivity index (χ0n) is 6.83. The van der Waals surface area contributed by atoms with Crippen LogP contribution in [0.3, 0.4) is 0 Å². The second-order valence-corrected chi connectivity index (χ2v) is 1.77. The summed E-state index contributed by atoms with van der Waals surface area (Å²) in [5.41, 5.74) is 6.36. The van der Waals surface area contributed by atoms with Gasteiger partial charge >= 0.3 is 12.2 Å². The van der Waals surface area contributed by atoms with Crippen LogP contribution in [0.15, 0.2) is 0 Å². The molecule has 0 aliphatic rings. The first-order valence-electron chi connectivity index (χ1n) is 3.32. The molecule has 0 fully saturated rings. The Kier molecular flexibility index (Phi) is 4.59. The van der Waals surface area contributed by atoms with Crippen molar-refractivity contribution in [1.82, 2.24) is 5.73 Å². The quantitative estimate of drug-likeness (QED) is 0.471. The Balaban J connectivity index is 3.61. The maximum Gasteiger partial charge on any atom is 0.511 e. The lowest BCUT2D eigenvalue weighted by Crippen LogP contribution is -2.21. The Morgan fingerprint density at radius 1 is 1.42 bits per heavy atom. The minimum atomic E-state index is -1.26. The van der Waals surface area contributed by atoms with Crippen LogP contribution in [0.25, 0.3) is 0 Å². The van der Waals surface area contributed by atoms with E-state index in [0.29, 0.717) is 0 Å². The molecule has 0 spiro atoms. The molecule has 0 bridgehead atoms. The zero-order valence-corrected chi connectivity index (χ0v) is 6.83. The second kappa shape index (κ2) is 5.22. The maximum absolute atomic E-state index is 10.5. The summed E-state index contributed by atoms with van der Waals surface area (Å²) < 4.78 is 12.9. The summed E-state index contributed by atoms with van der Waals surface area (Å²) in [7, 11) is 0. The van der Waals surface area contributed by atoms with Gasteiger partial charge in [-0.05, 0) is 6.92 Å². The summed E-state index contributed by atoms with van der Waals surface area (Å²) in [5.74, 6) is 0. The summed E-state index contributed by atoms with van der Waals surface area (Å²) in [4.78, 5) is 20.5. The van der Waals surface area contributed by atoms with Gasteiger partial charge < -0.3 is 14.2 Å². The van der Waals surface area contributed by atoms with Gasteiger partial charge in [-0.2, -0.15) is 0 Å². The molecule has 1 N–H and O–H groups in total. The molecule has 0 saturated carbocycles. The highest BCUT2D eigenvalue weighted by molar-refractivity contribution is 5.64. The van der Waals surface area contributed by atoms with Crippen LogP contribution in [0.1, 0.15) is 13.8 Å². The molecular formula is C6H10NO5. The molecule has 69 valence electrons. The summed E-state index contributed by atoms with van der Waals surface area (Å²) in [6.07, 6.45) is -3.27. The third-order valence-electron chi connectivity index (χ3n) is 0.797. The lowest BCUT2D eigenvalue weighted by Gasteiger charge is -2.10. The van der Waals surface area contributed by atoms with Crippen molar-refractivity contribution in [2.45, 2.75) is 20.1 Å². The van der Waals surface area contributed by atoms with Gasteiger partial charge in [-0.1, -0.05) is 0 Å². The van der Waals surface area contributed by atoms with E-state index < -0.39 is 18.5 Å². The van der Waals surface area contributed by atoms with Crippen LogP contribution in [0.5, 0.6) is 0 Å². The Morgan fingerprint density at radius 2 is 2.00 bits per heavy atom. The largest absolute Gasteiger partial charge is 0.511 e. The molecule has 1 atom stereocenters. The van der Waals surface area contributed by atoms with Crippen LogP contribution in [0.4, 0.5) is 9.59 Å². The van der Waals surface area contributed by atoms with Crippen LogP contribution >= 0.6 is 0 Å². The van der Waals surface area contributed by atoms with Gasteiger partial charge in [0.05, 0.1) is 6.61 Å². The molecule has 6 heteroatoms. The minimum Gasteiger partial charge on any atom is -0.435 e. The van der Waals surface area contributed by atoms with E-state index in [1.807, 2.05) is 0 Å². The van der Waals surface area contributed by atoms with Crippen LogP contribution in [0, 0.1) is 0 Å². The van der Waals surface area contributed by atoms with Gasteiger partial charge in [0.15, 0.2) is 0 Å². The first kappa shape index (κ1) is 10.5. The normalized spacial score (nSPS) is 11.5. The van der Waals surface area contributed by atoms with Crippen LogP contribution in [-0.2, 0) is 14.2 Å². The maximum atomic E-state index is 10.5. The summed E-state index contributed by atoms with van der Waals surface area (Å²) in [6, 6.07) is 0. The number of rotatable bonds is 3. The van der Waals surface area contributed by atoms with Crippen molar-refractivity contribution in [3.63, 3.8) is 0 Å². The molecule has 1 unspecified atom stereocenters. The van der Waals surface area contributed by atoms with Crippen molar-refractivity contribution < 1.29 is 23.8 Å². The number of hydrogen-bond donors (Lipinski definition) is 0. The summed E-state index contributed by atoms with van der Waals surface area (Å²) >= 11 is 0. The lowest BCUT2D eigenvalue weighted by molar-refractivity contribution is -0.0717. The van der Waals surface area contributed by atoms with Crippen molar-refractivity contribution in [3.8, 4) is 0 Å². The zero-order chi connectivity index (χ0) is 9.56. The number of nitrogens with one attached hydrogen (secondary N) is 1. The molecule has 0 aliphatic carbocycles. The molecule has 0 aromatic carbocycles. The fourth-order valence-electron chi connectivity index (χ4n) is 0.462. The predicted octanol–water partition coefficient (Wildman–Crippen LogP) is 0.925. The smallest absolute Gasteiger partial charge is 0.435 e. The van der Waals surface area contributed by atoms with Gasteiger partial charge in [0.1, 0.15) is 0 Å². The van der Waals surface area contributed by atoms with Gasteiger partial charge in [0.2, 0.25) is 6.29 Å². The van der Waals surface area contributed by atoms with Crippen LogP contribution in [-0.4, -0.2) is 25.1 Å². The second-order valence-electron chi connectivity index (χ2n) is 1.77. The van der Waals surface area contributed by atoms with Crippen molar-refractivity contribution in [2.24, 2.45) is 0 Å². The molecule has 0 rings (SSSR count). The highest BCUT2D eigenvalue weighted by Crippen LogP contribution is 1.96. The Morgan fingerprint density at radius 3 is 2.42 bits per heavy atom. The average molecular weight is 176 g/mol.